The Balaban J connectivity index is 1.15. The van der Waals surface area contributed by atoms with Crippen LogP contribution >= 0.6 is 0 Å². The molecule has 168 valence electrons. The Morgan fingerprint density at radius 2 is 1.55 bits per heavy atom. The van der Waals surface area contributed by atoms with Gasteiger partial charge in [0.25, 0.3) is 0 Å². The van der Waals surface area contributed by atoms with E-state index in [0.29, 0.717) is 6.54 Å². The minimum absolute atomic E-state index is 0.0746. The van der Waals surface area contributed by atoms with Gasteiger partial charge in [-0.3, -0.25) is 14.5 Å². The lowest BCUT2D eigenvalue weighted by molar-refractivity contribution is -0.147. The Morgan fingerprint density at radius 3 is 2.13 bits per heavy atom. The monoisotopic (exact) mass is 423 g/mol. The molecule has 0 radical (unpaired) electrons. The number of carbonyl (C=O) groups excluding carboxylic acids is 2. The van der Waals surface area contributed by atoms with Crippen molar-refractivity contribution in [2.75, 3.05) is 26.2 Å². The molecular formula is C26H37N3O2. The second-order valence-electron chi connectivity index (χ2n) is 10.9. The zero-order valence-corrected chi connectivity index (χ0v) is 18.9. The van der Waals surface area contributed by atoms with Gasteiger partial charge in [-0.05, 0) is 94.7 Å². The summed E-state index contributed by atoms with van der Waals surface area (Å²) < 4.78 is 0. The quantitative estimate of drug-likeness (QED) is 0.705. The molecular weight excluding hydrogens is 386 g/mol. The number of hydrogen-bond acceptors (Lipinski definition) is 3. The van der Waals surface area contributed by atoms with Crippen molar-refractivity contribution < 1.29 is 9.59 Å². The molecule has 4 aliphatic carbocycles. The molecule has 1 aromatic rings. The number of nitrogens with zero attached hydrogens (tertiary/aromatic N) is 1. The molecule has 5 nitrogen and oxygen atoms in total. The first kappa shape index (κ1) is 21.0. The fraction of sp³-hybridized carbons (Fsp3) is 0.692. The number of amides is 2. The van der Waals surface area contributed by atoms with Crippen LogP contribution in [0.4, 0.5) is 0 Å². The van der Waals surface area contributed by atoms with Gasteiger partial charge in [0.15, 0.2) is 0 Å². The van der Waals surface area contributed by atoms with Crippen LogP contribution in [0.5, 0.6) is 0 Å². The number of benzene rings is 1. The van der Waals surface area contributed by atoms with Crippen LogP contribution in [-0.4, -0.2) is 42.9 Å². The standard InChI is InChI=1S/C26H37N3O2/c1-18-4-6-22(7-5-18)23(29-8-2-3-9-29)16-27-24(30)17-28-25(31)26-13-19-10-20(14-26)12-21(11-19)15-26/h4-7,19-21,23H,2-3,8-17H2,1H3,(H,27,30)(H,28,31)/t19?,20?,21?,23-,26?/m1/s1. The highest BCUT2D eigenvalue weighted by Crippen LogP contribution is 2.60. The molecule has 2 amide bonds. The zero-order valence-electron chi connectivity index (χ0n) is 18.9. The maximum Gasteiger partial charge on any atom is 0.239 e. The molecule has 1 saturated heterocycles. The molecule has 4 bridgehead atoms. The molecule has 2 N–H and O–H groups in total. The van der Waals surface area contributed by atoms with E-state index < -0.39 is 0 Å². The summed E-state index contributed by atoms with van der Waals surface area (Å²) >= 11 is 0. The highest BCUT2D eigenvalue weighted by atomic mass is 16.2. The molecule has 0 spiro atoms. The van der Waals surface area contributed by atoms with Gasteiger partial charge in [0.2, 0.25) is 11.8 Å². The highest BCUT2D eigenvalue weighted by molar-refractivity contribution is 5.88. The Hall–Kier alpha value is -1.88. The van der Waals surface area contributed by atoms with Crippen LogP contribution in [-0.2, 0) is 9.59 Å². The molecule has 0 unspecified atom stereocenters. The number of nitrogens with one attached hydrogen (secondary N) is 2. The molecule has 1 atom stereocenters. The predicted molar refractivity (Wildman–Crippen MR) is 121 cm³/mol. The van der Waals surface area contributed by atoms with E-state index in [9.17, 15) is 9.59 Å². The smallest absolute Gasteiger partial charge is 0.239 e. The second kappa shape index (κ2) is 8.57. The van der Waals surface area contributed by atoms with E-state index in [1.54, 1.807) is 0 Å². The SMILES string of the molecule is Cc1ccc([C@@H](CNC(=O)CNC(=O)C23CC4CC(CC(C4)C2)C3)N2CCCC2)cc1. The van der Waals surface area contributed by atoms with E-state index >= 15 is 0 Å². The van der Waals surface area contributed by atoms with Crippen LogP contribution in [0.2, 0.25) is 0 Å². The maximum absolute atomic E-state index is 13.1. The molecule has 5 heteroatoms. The lowest BCUT2D eigenvalue weighted by Crippen LogP contribution is -2.54. The van der Waals surface area contributed by atoms with Crippen molar-refractivity contribution in [3.8, 4) is 0 Å². The first-order valence-electron chi connectivity index (χ1n) is 12.4. The van der Waals surface area contributed by atoms with E-state index in [-0.39, 0.29) is 29.8 Å². The van der Waals surface area contributed by atoms with Gasteiger partial charge in [0, 0.05) is 12.0 Å². The molecule has 0 aromatic heterocycles. The average Bonchev–Trinajstić information content (AvgIpc) is 3.27. The van der Waals surface area contributed by atoms with Crippen molar-refractivity contribution >= 4 is 11.8 Å². The van der Waals surface area contributed by atoms with Crippen molar-refractivity contribution in [3.63, 3.8) is 0 Å². The largest absolute Gasteiger partial charge is 0.353 e. The van der Waals surface area contributed by atoms with E-state index in [0.717, 1.165) is 50.1 Å². The van der Waals surface area contributed by atoms with Gasteiger partial charge in [-0.15, -0.1) is 0 Å². The van der Waals surface area contributed by atoms with Gasteiger partial charge in [0.05, 0.1) is 12.6 Å². The summed E-state index contributed by atoms with van der Waals surface area (Å²) in [5.74, 6) is 2.27. The summed E-state index contributed by atoms with van der Waals surface area (Å²) in [7, 11) is 0. The zero-order chi connectivity index (χ0) is 21.4. The Kier molecular flexibility index (Phi) is 5.80. The Morgan fingerprint density at radius 1 is 0.968 bits per heavy atom. The first-order valence-corrected chi connectivity index (χ1v) is 12.4. The van der Waals surface area contributed by atoms with E-state index in [1.165, 1.54) is 43.2 Å². The fourth-order valence-electron chi connectivity index (χ4n) is 7.31. The van der Waals surface area contributed by atoms with Gasteiger partial charge >= 0.3 is 0 Å². The number of carbonyl (C=O) groups is 2. The van der Waals surface area contributed by atoms with Crippen molar-refractivity contribution in [1.82, 2.24) is 15.5 Å². The molecule has 1 heterocycles. The normalized spacial score (nSPS) is 32.7. The first-order chi connectivity index (χ1) is 15.0. The summed E-state index contributed by atoms with van der Waals surface area (Å²) in [6.45, 7) is 4.95. The Bertz CT molecular complexity index is 777. The third-order valence-corrected chi connectivity index (χ3v) is 8.47. The minimum Gasteiger partial charge on any atom is -0.353 e. The van der Waals surface area contributed by atoms with Crippen LogP contribution in [0.3, 0.4) is 0 Å². The van der Waals surface area contributed by atoms with Gasteiger partial charge in [-0.2, -0.15) is 0 Å². The van der Waals surface area contributed by atoms with Crippen molar-refractivity contribution in [1.29, 1.82) is 0 Å². The third kappa shape index (κ3) is 4.39. The number of hydrogen-bond donors (Lipinski definition) is 2. The summed E-state index contributed by atoms with van der Waals surface area (Å²) in [4.78, 5) is 28.2. The van der Waals surface area contributed by atoms with Crippen LogP contribution in [0.1, 0.15) is 68.5 Å². The van der Waals surface area contributed by atoms with E-state index in [1.807, 2.05) is 0 Å². The molecule has 4 saturated carbocycles. The lowest BCUT2D eigenvalue weighted by Gasteiger charge is -2.55. The molecule has 1 aliphatic heterocycles. The number of aryl methyl sites for hydroxylation is 1. The van der Waals surface area contributed by atoms with Gasteiger partial charge in [0.1, 0.15) is 0 Å². The van der Waals surface area contributed by atoms with Crippen molar-refractivity contribution in [2.24, 2.45) is 23.2 Å². The van der Waals surface area contributed by atoms with Crippen LogP contribution in [0.25, 0.3) is 0 Å². The minimum atomic E-state index is -0.186. The summed E-state index contributed by atoms with van der Waals surface area (Å²) in [5.41, 5.74) is 2.32. The van der Waals surface area contributed by atoms with E-state index in [2.05, 4.69) is 46.7 Å². The van der Waals surface area contributed by atoms with E-state index in [4.69, 9.17) is 0 Å². The molecule has 31 heavy (non-hydrogen) atoms. The predicted octanol–water partition coefficient (Wildman–Crippen LogP) is 3.58. The molecule has 5 aliphatic rings. The lowest BCUT2D eigenvalue weighted by atomic mass is 9.49. The molecule has 5 fully saturated rings. The third-order valence-electron chi connectivity index (χ3n) is 8.47. The number of rotatable bonds is 7. The average molecular weight is 424 g/mol. The fourth-order valence-corrected chi connectivity index (χ4v) is 7.31. The van der Waals surface area contributed by atoms with Crippen molar-refractivity contribution in [3.05, 3.63) is 35.4 Å². The topological polar surface area (TPSA) is 61.4 Å². The Labute approximate surface area is 186 Å². The molecule has 1 aromatic carbocycles. The summed E-state index contributed by atoms with van der Waals surface area (Å²) in [6, 6.07) is 8.85. The molecule has 6 rings (SSSR count). The van der Waals surface area contributed by atoms with Gasteiger partial charge in [-0.25, -0.2) is 0 Å². The van der Waals surface area contributed by atoms with Gasteiger partial charge in [-0.1, -0.05) is 29.8 Å². The summed E-state index contributed by atoms with van der Waals surface area (Å²) in [6.07, 6.45) is 9.53. The van der Waals surface area contributed by atoms with Crippen molar-refractivity contribution in [2.45, 2.75) is 64.3 Å². The van der Waals surface area contributed by atoms with Gasteiger partial charge < -0.3 is 10.6 Å². The van der Waals surface area contributed by atoms with Crippen LogP contribution < -0.4 is 10.6 Å². The highest BCUT2D eigenvalue weighted by Gasteiger charge is 2.54. The maximum atomic E-state index is 13.1. The van der Waals surface area contributed by atoms with Crippen LogP contribution in [0, 0.1) is 30.1 Å². The van der Waals surface area contributed by atoms with Crippen LogP contribution in [0.15, 0.2) is 24.3 Å². The second-order valence-corrected chi connectivity index (χ2v) is 10.9. The number of likely N-dealkylation sites (tertiary alicyclic amines) is 1. The summed E-state index contributed by atoms with van der Waals surface area (Å²) in [5, 5.41) is 6.12.